The summed E-state index contributed by atoms with van der Waals surface area (Å²) in [5, 5.41) is 0.573. The van der Waals surface area contributed by atoms with Crippen LogP contribution in [-0.4, -0.2) is 26.5 Å². The van der Waals surface area contributed by atoms with E-state index in [1.807, 2.05) is 0 Å². The maximum atomic E-state index is 12.0. The molecule has 1 aromatic heterocycles. The van der Waals surface area contributed by atoms with Crippen LogP contribution in [0.5, 0.6) is 0 Å². The van der Waals surface area contributed by atoms with Gasteiger partial charge in [0.05, 0.1) is 29.7 Å². The summed E-state index contributed by atoms with van der Waals surface area (Å²) < 4.78 is 28.1. The van der Waals surface area contributed by atoms with Crippen molar-refractivity contribution >= 4 is 26.7 Å². The van der Waals surface area contributed by atoms with Crippen LogP contribution in [-0.2, 0) is 26.1 Å². The number of carbonyl (C=O) groups excluding carboxylic acids is 1. The van der Waals surface area contributed by atoms with Gasteiger partial charge in [-0.1, -0.05) is 12.1 Å². The molecule has 0 radical (unpaired) electrons. The molecule has 0 spiro atoms. The summed E-state index contributed by atoms with van der Waals surface area (Å²) in [4.78, 5) is 26.3. The summed E-state index contributed by atoms with van der Waals surface area (Å²) in [7, 11) is -2.05. The normalized spacial score (nSPS) is 16.1. The van der Waals surface area contributed by atoms with Crippen LogP contribution in [0.25, 0.3) is 10.9 Å². The van der Waals surface area contributed by atoms with Gasteiger partial charge >= 0.3 is 5.97 Å². The summed E-state index contributed by atoms with van der Waals surface area (Å²) in [5.74, 6) is -1.00. The molecule has 0 bridgehead atoms. The summed E-state index contributed by atoms with van der Waals surface area (Å²) in [6, 6.07) is 4.86. The SMILES string of the molecule is COC(=O)c1cccc2c3c(c(=O)[nH]c12)CS(=O)(=O)C3. The first-order valence-corrected chi connectivity index (χ1v) is 7.70. The number of nitrogens with one attached hydrogen (secondary N) is 1. The van der Waals surface area contributed by atoms with Crippen LogP contribution in [0.4, 0.5) is 0 Å². The Balaban J connectivity index is 2.41. The first-order valence-electron chi connectivity index (χ1n) is 5.88. The number of carbonyl (C=O) groups is 1. The first-order chi connectivity index (χ1) is 9.43. The third-order valence-corrected chi connectivity index (χ3v) is 4.86. The molecule has 104 valence electrons. The van der Waals surface area contributed by atoms with Crippen molar-refractivity contribution in [3.8, 4) is 0 Å². The number of benzene rings is 1. The molecule has 0 aliphatic carbocycles. The van der Waals surface area contributed by atoms with Crippen LogP contribution in [0.1, 0.15) is 21.5 Å². The molecule has 6 nitrogen and oxygen atoms in total. The molecule has 2 aromatic rings. The van der Waals surface area contributed by atoms with Gasteiger partial charge in [0.15, 0.2) is 9.84 Å². The highest BCUT2D eigenvalue weighted by atomic mass is 32.2. The third-order valence-electron chi connectivity index (χ3n) is 3.40. The molecule has 1 aliphatic rings. The van der Waals surface area contributed by atoms with Gasteiger partial charge in [0.1, 0.15) is 0 Å². The van der Waals surface area contributed by atoms with Crippen molar-refractivity contribution in [1.29, 1.82) is 0 Å². The number of aromatic nitrogens is 1. The standard InChI is InChI=1S/C13H11NO5S/c1-19-13(16)8-4-2-3-7-9-5-20(17,18)6-10(9)12(15)14-11(7)8/h2-4H,5-6H2,1H3,(H,14,15). The van der Waals surface area contributed by atoms with E-state index in [4.69, 9.17) is 0 Å². The number of para-hydroxylation sites is 1. The van der Waals surface area contributed by atoms with E-state index in [0.717, 1.165) is 0 Å². The number of aromatic amines is 1. The van der Waals surface area contributed by atoms with Crippen LogP contribution in [0.3, 0.4) is 0 Å². The Bertz CT molecular complexity index is 895. The number of H-pyrrole nitrogens is 1. The van der Waals surface area contributed by atoms with Gasteiger partial charge in [0.2, 0.25) is 0 Å². The molecule has 1 N–H and O–H groups in total. The van der Waals surface area contributed by atoms with Gasteiger partial charge in [0.25, 0.3) is 5.56 Å². The maximum Gasteiger partial charge on any atom is 0.339 e. The Morgan fingerprint density at radius 1 is 1.25 bits per heavy atom. The predicted octanol–water partition coefficient (Wildman–Crippen LogP) is 0.743. The second-order valence-electron chi connectivity index (χ2n) is 4.66. The molecule has 2 heterocycles. The molecule has 0 unspecified atom stereocenters. The van der Waals surface area contributed by atoms with E-state index in [0.29, 0.717) is 16.5 Å². The third kappa shape index (κ3) is 1.82. The van der Waals surface area contributed by atoms with Crippen LogP contribution < -0.4 is 5.56 Å². The number of esters is 1. The molecular formula is C13H11NO5S. The zero-order valence-corrected chi connectivity index (χ0v) is 11.4. The van der Waals surface area contributed by atoms with Gasteiger partial charge in [0, 0.05) is 10.9 Å². The van der Waals surface area contributed by atoms with Crippen LogP contribution in [0.15, 0.2) is 23.0 Å². The number of fused-ring (bicyclic) bond motifs is 3. The monoisotopic (exact) mass is 293 g/mol. The molecular weight excluding hydrogens is 282 g/mol. The quantitative estimate of drug-likeness (QED) is 0.783. The van der Waals surface area contributed by atoms with E-state index in [2.05, 4.69) is 9.72 Å². The minimum atomic E-state index is -3.29. The summed E-state index contributed by atoms with van der Waals surface area (Å²) >= 11 is 0. The number of rotatable bonds is 1. The van der Waals surface area contributed by atoms with E-state index < -0.39 is 21.4 Å². The Morgan fingerprint density at radius 3 is 2.65 bits per heavy atom. The zero-order chi connectivity index (χ0) is 14.5. The van der Waals surface area contributed by atoms with Crippen molar-refractivity contribution in [1.82, 2.24) is 4.98 Å². The van der Waals surface area contributed by atoms with Crippen molar-refractivity contribution in [3.05, 3.63) is 45.2 Å². The Hall–Kier alpha value is -2.15. The first kappa shape index (κ1) is 12.9. The van der Waals surface area contributed by atoms with Gasteiger partial charge in [-0.25, -0.2) is 13.2 Å². The molecule has 0 saturated heterocycles. The summed E-state index contributed by atoms with van der Waals surface area (Å²) in [6.07, 6.45) is 0. The van der Waals surface area contributed by atoms with E-state index in [-0.39, 0.29) is 22.6 Å². The van der Waals surface area contributed by atoms with Crippen molar-refractivity contribution in [3.63, 3.8) is 0 Å². The van der Waals surface area contributed by atoms with Gasteiger partial charge in [-0.05, 0) is 11.6 Å². The van der Waals surface area contributed by atoms with Crippen molar-refractivity contribution in [2.24, 2.45) is 0 Å². The molecule has 1 aliphatic heterocycles. The van der Waals surface area contributed by atoms with Crippen molar-refractivity contribution in [2.45, 2.75) is 11.5 Å². The van der Waals surface area contributed by atoms with Crippen molar-refractivity contribution in [2.75, 3.05) is 7.11 Å². The summed E-state index contributed by atoms with van der Waals surface area (Å²) in [6.45, 7) is 0. The van der Waals surface area contributed by atoms with E-state index >= 15 is 0 Å². The molecule has 0 saturated carbocycles. The molecule has 0 amide bonds. The average molecular weight is 293 g/mol. The number of hydrogen-bond acceptors (Lipinski definition) is 5. The van der Waals surface area contributed by atoms with Gasteiger partial charge in [-0.15, -0.1) is 0 Å². The average Bonchev–Trinajstić information content (AvgIpc) is 2.74. The second kappa shape index (κ2) is 4.17. The highest BCUT2D eigenvalue weighted by Crippen LogP contribution is 2.29. The second-order valence-corrected chi connectivity index (χ2v) is 6.73. The fourth-order valence-electron chi connectivity index (χ4n) is 2.52. The highest BCUT2D eigenvalue weighted by Gasteiger charge is 2.30. The van der Waals surface area contributed by atoms with Crippen LogP contribution >= 0.6 is 0 Å². The Morgan fingerprint density at radius 2 is 1.95 bits per heavy atom. The van der Waals surface area contributed by atoms with E-state index in [1.54, 1.807) is 12.1 Å². The lowest BCUT2D eigenvalue weighted by atomic mass is 10.0. The smallest absolute Gasteiger partial charge is 0.339 e. The minimum absolute atomic E-state index is 0.173. The molecule has 7 heteroatoms. The lowest BCUT2D eigenvalue weighted by Crippen LogP contribution is -2.15. The fraction of sp³-hybridized carbons (Fsp3) is 0.231. The predicted molar refractivity (Wildman–Crippen MR) is 72.2 cm³/mol. The molecule has 1 aromatic carbocycles. The Labute approximate surface area is 114 Å². The van der Waals surface area contributed by atoms with Gasteiger partial charge in [-0.3, -0.25) is 4.79 Å². The molecule has 3 rings (SSSR count). The van der Waals surface area contributed by atoms with Crippen molar-refractivity contribution < 1.29 is 17.9 Å². The van der Waals surface area contributed by atoms with Gasteiger partial charge in [-0.2, -0.15) is 0 Å². The van der Waals surface area contributed by atoms with Crippen LogP contribution in [0, 0.1) is 0 Å². The number of pyridine rings is 1. The molecule has 0 fully saturated rings. The Kier molecular flexibility index (Phi) is 2.68. The topological polar surface area (TPSA) is 93.3 Å². The maximum absolute atomic E-state index is 12.0. The largest absolute Gasteiger partial charge is 0.465 e. The number of hydrogen-bond donors (Lipinski definition) is 1. The lowest BCUT2D eigenvalue weighted by Gasteiger charge is -2.07. The lowest BCUT2D eigenvalue weighted by molar-refractivity contribution is 0.0602. The molecule has 0 atom stereocenters. The van der Waals surface area contributed by atoms with Gasteiger partial charge < -0.3 is 9.72 Å². The molecule has 20 heavy (non-hydrogen) atoms. The highest BCUT2D eigenvalue weighted by molar-refractivity contribution is 7.90. The number of ether oxygens (including phenoxy) is 1. The van der Waals surface area contributed by atoms with Crippen LogP contribution in [0.2, 0.25) is 0 Å². The summed E-state index contributed by atoms with van der Waals surface area (Å²) in [5.41, 5.74) is 0.813. The van der Waals surface area contributed by atoms with E-state index in [1.165, 1.54) is 13.2 Å². The fourth-order valence-corrected chi connectivity index (χ4v) is 4.13. The number of methoxy groups -OCH3 is 1. The zero-order valence-electron chi connectivity index (χ0n) is 10.6. The minimum Gasteiger partial charge on any atom is -0.465 e. The number of sulfone groups is 1. The van der Waals surface area contributed by atoms with E-state index in [9.17, 15) is 18.0 Å².